The van der Waals surface area contributed by atoms with Gasteiger partial charge in [0.15, 0.2) is 0 Å². The maximum Gasteiger partial charge on any atom is 0.224 e. The normalized spacial score (nSPS) is 11.6. The first kappa shape index (κ1) is 30.8. The predicted molar refractivity (Wildman–Crippen MR) is 123 cm³/mol. The summed E-state index contributed by atoms with van der Waals surface area (Å²) >= 11 is 0. The molecule has 196 valence electrons. The largest absolute Gasteiger partial charge is 0.494 e. The van der Waals surface area contributed by atoms with Crippen LogP contribution in [-0.2, 0) is 9.59 Å². The highest BCUT2D eigenvalue weighted by Gasteiger charge is 2.07. The highest BCUT2D eigenvalue weighted by atomic mass is 16.5. The summed E-state index contributed by atoms with van der Waals surface area (Å²) in [7, 11) is 1.23. The number of amides is 2. The highest BCUT2D eigenvalue weighted by molar-refractivity contribution is 5.77. The molecule has 0 bridgehead atoms. The topological polar surface area (TPSA) is 189 Å². The van der Waals surface area contributed by atoms with Gasteiger partial charge in [-0.1, -0.05) is 0 Å². The lowest BCUT2D eigenvalue weighted by Crippen LogP contribution is -2.25. The van der Waals surface area contributed by atoms with Crippen LogP contribution in [0.15, 0.2) is 36.4 Å². The van der Waals surface area contributed by atoms with E-state index >= 15 is 0 Å². The quantitative estimate of drug-likeness (QED) is 0.0751. The number of nitrogens with zero attached hydrogens (tertiary/aromatic N) is 3. The van der Waals surface area contributed by atoms with Crippen molar-refractivity contribution in [2.75, 3.05) is 33.2 Å². The molecule has 13 heteroatoms. The van der Waals surface area contributed by atoms with Crippen molar-refractivity contribution in [3.05, 3.63) is 36.4 Å². The van der Waals surface area contributed by atoms with E-state index in [-0.39, 0.29) is 37.7 Å². The Hall–Kier alpha value is -3.16. The fourth-order valence-corrected chi connectivity index (χ4v) is 2.58. The maximum absolute atomic E-state index is 11.8. The van der Waals surface area contributed by atoms with Crippen LogP contribution in [0.4, 0.5) is 0 Å². The van der Waals surface area contributed by atoms with Crippen molar-refractivity contribution in [1.29, 1.82) is 0 Å². The molecule has 0 aromatic heterocycles. The molecule has 0 saturated heterocycles. The summed E-state index contributed by atoms with van der Waals surface area (Å²) in [5.41, 5.74) is 0. The molecule has 0 aromatic carbocycles. The third-order valence-electron chi connectivity index (χ3n) is 4.57. The van der Waals surface area contributed by atoms with E-state index in [0.29, 0.717) is 60.4 Å². The van der Waals surface area contributed by atoms with E-state index in [1.807, 2.05) is 0 Å². The van der Waals surface area contributed by atoms with E-state index in [9.17, 15) is 30.2 Å². The average molecular weight is 490 g/mol. The Kier molecular flexibility index (Phi) is 16.6. The van der Waals surface area contributed by atoms with Crippen LogP contribution in [0.2, 0.25) is 0 Å². The number of rotatable bonds is 19. The molecule has 0 aliphatic carbocycles. The molecule has 0 rings (SSSR count). The number of unbranched alkanes of at least 4 members (excludes halogenated alkanes) is 4. The number of hydrogen-bond donors (Lipinski definition) is 8. The van der Waals surface area contributed by atoms with Gasteiger partial charge in [-0.15, -0.1) is 0 Å². The summed E-state index contributed by atoms with van der Waals surface area (Å²) in [5.74, 6) is -1.86. The SMILES string of the molecule is C=C(O)N(O)CCCCCNC(=O)C/C=C(\O)N(O)CCCCCNC(=O)C/C=C(/O)N(C)O. The lowest BCUT2D eigenvalue weighted by Gasteiger charge is -2.15. The van der Waals surface area contributed by atoms with Crippen molar-refractivity contribution >= 4 is 11.8 Å². The van der Waals surface area contributed by atoms with E-state index in [4.69, 9.17) is 10.3 Å². The molecule has 0 heterocycles. The van der Waals surface area contributed by atoms with Gasteiger partial charge in [-0.2, -0.15) is 0 Å². The minimum atomic E-state index is -0.420. The minimum absolute atomic E-state index is 0.0724. The molecule has 0 spiro atoms. The fraction of sp³-hybridized carbons (Fsp3) is 0.619. The Labute approximate surface area is 199 Å². The third-order valence-corrected chi connectivity index (χ3v) is 4.57. The molecule has 0 radical (unpaired) electrons. The molecule has 0 aliphatic rings. The van der Waals surface area contributed by atoms with Gasteiger partial charge in [-0.3, -0.25) is 25.2 Å². The van der Waals surface area contributed by atoms with Gasteiger partial charge in [-0.25, -0.2) is 15.2 Å². The van der Waals surface area contributed by atoms with Gasteiger partial charge in [0.05, 0.1) is 12.8 Å². The first-order chi connectivity index (χ1) is 16.0. The van der Waals surface area contributed by atoms with Crippen LogP contribution < -0.4 is 10.6 Å². The monoisotopic (exact) mass is 489 g/mol. The molecule has 0 saturated carbocycles. The standard InChI is InChI=1S/C21H39N5O8/c1-17(27)25(33)15-7-3-5-13-23-19(29)10-12-21(31)26(34)16-8-4-6-14-22-18(28)9-11-20(30)24(2)32/h11-12,27,30-34H,1,3-10,13-16H2,2H3,(H,22,28)(H,23,29)/b20-11+,21-12-. The Morgan fingerprint density at radius 3 is 1.62 bits per heavy atom. The van der Waals surface area contributed by atoms with Gasteiger partial charge in [-0.05, 0) is 57.3 Å². The highest BCUT2D eigenvalue weighted by Crippen LogP contribution is 2.04. The van der Waals surface area contributed by atoms with E-state index in [1.165, 1.54) is 19.2 Å². The van der Waals surface area contributed by atoms with Crippen LogP contribution in [0.1, 0.15) is 51.4 Å². The zero-order valence-electron chi connectivity index (χ0n) is 19.7. The van der Waals surface area contributed by atoms with Gasteiger partial charge in [0.2, 0.25) is 29.5 Å². The maximum atomic E-state index is 11.8. The molecule has 34 heavy (non-hydrogen) atoms. The van der Waals surface area contributed by atoms with Gasteiger partial charge >= 0.3 is 0 Å². The molecular formula is C21H39N5O8. The molecule has 0 fully saturated rings. The Morgan fingerprint density at radius 2 is 1.18 bits per heavy atom. The van der Waals surface area contributed by atoms with E-state index in [0.717, 1.165) is 6.42 Å². The van der Waals surface area contributed by atoms with Crippen molar-refractivity contribution < 1.29 is 40.5 Å². The predicted octanol–water partition coefficient (Wildman–Crippen LogP) is 1.87. The van der Waals surface area contributed by atoms with Crippen LogP contribution in [0.5, 0.6) is 0 Å². The minimum Gasteiger partial charge on any atom is -0.494 e. The van der Waals surface area contributed by atoms with E-state index < -0.39 is 17.6 Å². The van der Waals surface area contributed by atoms with Crippen LogP contribution in [-0.4, -0.2) is 91.2 Å². The average Bonchev–Trinajstić information content (AvgIpc) is 2.79. The van der Waals surface area contributed by atoms with Gasteiger partial charge in [0.1, 0.15) is 0 Å². The van der Waals surface area contributed by atoms with E-state index in [2.05, 4.69) is 17.2 Å². The zero-order chi connectivity index (χ0) is 25.9. The number of nitrogens with one attached hydrogen (secondary N) is 2. The Morgan fingerprint density at radius 1 is 0.735 bits per heavy atom. The molecular weight excluding hydrogens is 450 g/mol. The van der Waals surface area contributed by atoms with Crippen molar-refractivity contribution in [3.63, 3.8) is 0 Å². The zero-order valence-corrected chi connectivity index (χ0v) is 19.7. The summed E-state index contributed by atoms with van der Waals surface area (Å²) in [6.07, 6.45) is 6.09. The second kappa shape index (κ2) is 18.3. The van der Waals surface area contributed by atoms with Gasteiger partial charge < -0.3 is 26.0 Å². The number of hydroxylamine groups is 6. The van der Waals surface area contributed by atoms with Crippen LogP contribution >= 0.6 is 0 Å². The van der Waals surface area contributed by atoms with Crippen molar-refractivity contribution in [3.8, 4) is 0 Å². The van der Waals surface area contributed by atoms with Crippen molar-refractivity contribution in [2.24, 2.45) is 0 Å². The molecule has 0 aliphatic heterocycles. The number of aliphatic hydroxyl groups is 3. The second-order valence-corrected chi connectivity index (χ2v) is 7.54. The lowest BCUT2D eigenvalue weighted by molar-refractivity contribution is -0.121. The molecule has 0 aromatic rings. The molecule has 2 amide bonds. The number of hydrogen-bond acceptors (Lipinski definition) is 11. The number of carbonyl (C=O) groups excluding carboxylic acids is 2. The second-order valence-electron chi connectivity index (χ2n) is 7.54. The van der Waals surface area contributed by atoms with Crippen LogP contribution in [0.25, 0.3) is 0 Å². The molecule has 0 atom stereocenters. The smallest absolute Gasteiger partial charge is 0.224 e. The molecule has 0 unspecified atom stereocenters. The summed E-state index contributed by atoms with van der Waals surface area (Å²) in [6.45, 7) is 4.41. The fourth-order valence-electron chi connectivity index (χ4n) is 2.58. The summed E-state index contributed by atoms with van der Waals surface area (Å²) in [6, 6.07) is 0. The Bertz CT molecular complexity index is 684. The molecule has 13 nitrogen and oxygen atoms in total. The number of carbonyl (C=O) groups is 2. The summed E-state index contributed by atoms with van der Waals surface area (Å²) < 4.78 is 0. The van der Waals surface area contributed by atoms with E-state index in [1.54, 1.807) is 0 Å². The summed E-state index contributed by atoms with van der Waals surface area (Å²) in [4.78, 5) is 23.4. The van der Waals surface area contributed by atoms with Crippen molar-refractivity contribution in [1.82, 2.24) is 25.8 Å². The van der Waals surface area contributed by atoms with Crippen LogP contribution in [0.3, 0.4) is 0 Å². The molecule has 8 N–H and O–H groups in total. The van der Waals surface area contributed by atoms with Crippen molar-refractivity contribution in [2.45, 2.75) is 51.4 Å². The van der Waals surface area contributed by atoms with Gasteiger partial charge in [0, 0.05) is 33.2 Å². The lowest BCUT2D eigenvalue weighted by atomic mass is 10.2. The van der Waals surface area contributed by atoms with Gasteiger partial charge in [0.25, 0.3) is 0 Å². The number of aliphatic hydroxyl groups excluding tert-OH is 3. The Balaban J connectivity index is 3.85. The first-order valence-corrected chi connectivity index (χ1v) is 11.1. The summed E-state index contributed by atoms with van der Waals surface area (Å²) in [5, 5.41) is 63.1. The first-order valence-electron chi connectivity index (χ1n) is 11.1. The van der Waals surface area contributed by atoms with Crippen LogP contribution in [0, 0.1) is 0 Å². The third kappa shape index (κ3) is 16.5.